The lowest BCUT2D eigenvalue weighted by atomic mass is 9.81. The van der Waals surface area contributed by atoms with Crippen molar-refractivity contribution in [2.75, 3.05) is 9.80 Å². The number of hydrogen-bond donors (Lipinski definition) is 0. The average Bonchev–Trinajstić information content (AvgIpc) is 3.52. The van der Waals surface area contributed by atoms with Crippen LogP contribution in [0.25, 0.3) is 54.6 Å². The van der Waals surface area contributed by atoms with Gasteiger partial charge in [-0.05, 0) is 121 Å². The quantitative estimate of drug-likeness (QED) is 0.150. The molecule has 2 heteroatoms. The molecular formula is C57H42N2. The fourth-order valence-corrected chi connectivity index (χ4v) is 9.48. The van der Waals surface area contributed by atoms with E-state index in [1.807, 2.05) is 0 Å². The maximum absolute atomic E-state index is 2.50. The van der Waals surface area contributed by atoms with Crippen molar-refractivity contribution >= 4 is 66.4 Å². The van der Waals surface area contributed by atoms with Crippen LogP contribution in [0.5, 0.6) is 0 Å². The first-order valence-corrected chi connectivity index (χ1v) is 20.5. The molecule has 0 unspecified atom stereocenters. The van der Waals surface area contributed by atoms with Gasteiger partial charge in [0.15, 0.2) is 0 Å². The molecule has 0 N–H and O–H groups in total. The highest BCUT2D eigenvalue weighted by atomic mass is 15.2. The van der Waals surface area contributed by atoms with E-state index in [1.54, 1.807) is 0 Å². The molecule has 280 valence electrons. The molecule has 0 spiro atoms. The minimum atomic E-state index is -0.181. The van der Waals surface area contributed by atoms with Crippen molar-refractivity contribution in [1.29, 1.82) is 0 Å². The average molecular weight is 755 g/mol. The van der Waals surface area contributed by atoms with Crippen molar-refractivity contribution in [3.63, 3.8) is 0 Å². The second-order valence-electron chi connectivity index (χ2n) is 16.2. The van der Waals surface area contributed by atoms with E-state index in [0.29, 0.717) is 0 Å². The van der Waals surface area contributed by atoms with E-state index in [2.05, 4.69) is 242 Å². The van der Waals surface area contributed by atoms with Gasteiger partial charge in [-0.15, -0.1) is 0 Å². The van der Waals surface area contributed by atoms with E-state index in [0.717, 1.165) is 28.4 Å². The molecule has 59 heavy (non-hydrogen) atoms. The monoisotopic (exact) mass is 754 g/mol. The van der Waals surface area contributed by atoms with Gasteiger partial charge in [-0.2, -0.15) is 0 Å². The van der Waals surface area contributed by atoms with Crippen LogP contribution < -0.4 is 9.80 Å². The van der Waals surface area contributed by atoms with Gasteiger partial charge in [-0.1, -0.05) is 166 Å². The van der Waals surface area contributed by atoms with Crippen molar-refractivity contribution < 1.29 is 0 Å². The van der Waals surface area contributed by atoms with Crippen molar-refractivity contribution in [1.82, 2.24) is 0 Å². The highest BCUT2D eigenvalue weighted by molar-refractivity contribution is 6.18. The third kappa shape index (κ3) is 5.79. The summed E-state index contributed by atoms with van der Waals surface area (Å²) in [7, 11) is 0. The van der Waals surface area contributed by atoms with Gasteiger partial charge < -0.3 is 9.80 Å². The van der Waals surface area contributed by atoms with E-state index in [-0.39, 0.29) is 5.41 Å². The molecule has 0 aromatic heterocycles. The Hall–Kier alpha value is -7.42. The van der Waals surface area contributed by atoms with Crippen molar-refractivity contribution in [3.8, 4) is 22.3 Å². The summed E-state index contributed by atoms with van der Waals surface area (Å²) in [5.41, 5.74) is 14.2. The molecule has 0 aliphatic heterocycles. The SMILES string of the molecule is CC1(C)c2ccccc2-c2c1cc1c(ccc3ccccc31)c2N(c1ccccc1)c1cccc(N(c2ccccc2)c2ccc(-c3ccc4ccccc4c3)cc2)c1. The van der Waals surface area contributed by atoms with Crippen molar-refractivity contribution in [3.05, 3.63) is 230 Å². The predicted molar refractivity (Wildman–Crippen MR) is 251 cm³/mol. The standard InChI is InChI=1S/C57H42N2/c1-57(2)53-27-14-13-26-51(53)55-54(57)38-52-49-25-12-11-17-41(49)32-35-50(52)56(55)59(45-21-7-4-8-22-45)48-24-15-23-47(37-48)58(44-19-5-3-6-20-44)46-33-30-40(31-34-46)43-29-28-39-16-9-10-18-42(39)36-43/h3-38H,1-2H3. The molecule has 10 aromatic rings. The molecule has 0 fully saturated rings. The topological polar surface area (TPSA) is 6.48 Å². The summed E-state index contributed by atoms with van der Waals surface area (Å²) >= 11 is 0. The molecule has 1 aliphatic rings. The smallest absolute Gasteiger partial charge is 0.0621 e. The Bertz CT molecular complexity index is 3180. The maximum atomic E-state index is 2.50. The lowest BCUT2D eigenvalue weighted by Crippen LogP contribution is -2.17. The zero-order chi connectivity index (χ0) is 39.5. The first-order chi connectivity index (χ1) is 29.0. The van der Waals surface area contributed by atoms with E-state index in [1.165, 1.54) is 71.4 Å². The van der Waals surface area contributed by atoms with Crippen LogP contribution in [0.3, 0.4) is 0 Å². The fourth-order valence-electron chi connectivity index (χ4n) is 9.48. The second-order valence-corrected chi connectivity index (χ2v) is 16.2. The Morgan fingerprint density at radius 1 is 0.322 bits per heavy atom. The highest BCUT2D eigenvalue weighted by Gasteiger charge is 2.39. The molecule has 1 aliphatic carbocycles. The molecule has 0 radical (unpaired) electrons. The molecule has 2 nitrogen and oxygen atoms in total. The Morgan fingerprint density at radius 3 is 1.64 bits per heavy atom. The van der Waals surface area contributed by atoms with Crippen molar-refractivity contribution in [2.24, 2.45) is 0 Å². The van der Waals surface area contributed by atoms with Gasteiger partial charge in [-0.3, -0.25) is 0 Å². The fraction of sp³-hybridized carbons (Fsp3) is 0.0526. The van der Waals surface area contributed by atoms with Crippen LogP contribution in [0.4, 0.5) is 34.1 Å². The van der Waals surface area contributed by atoms with Crippen LogP contribution >= 0.6 is 0 Å². The molecule has 0 bridgehead atoms. The number of nitrogens with zero attached hydrogens (tertiary/aromatic N) is 2. The number of rotatable bonds is 7. The predicted octanol–water partition coefficient (Wildman–Crippen LogP) is 16.1. The van der Waals surface area contributed by atoms with Gasteiger partial charge in [0, 0.05) is 44.8 Å². The van der Waals surface area contributed by atoms with Crippen LogP contribution in [0.1, 0.15) is 25.0 Å². The lowest BCUT2D eigenvalue weighted by Gasteiger charge is -2.32. The zero-order valence-electron chi connectivity index (χ0n) is 33.2. The van der Waals surface area contributed by atoms with Crippen LogP contribution in [-0.4, -0.2) is 0 Å². The van der Waals surface area contributed by atoms with Crippen LogP contribution in [-0.2, 0) is 5.41 Å². The number of fused-ring (bicyclic) bond motifs is 7. The summed E-state index contributed by atoms with van der Waals surface area (Å²) < 4.78 is 0. The van der Waals surface area contributed by atoms with Gasteiger partial charge in [0.25, 0.3) is 0 Å². The molecule has 10 aromatic carbocycles. The van der Waals surface area contributed by atoms with Crippen molar-refractivity contribution in [2.45, 2.75) is 19.3 Å². The summed E-state index contributed by atoms with van der Waals surface area (Å²) in [4.78, 5) is 4.87. The van der Waals surface area contributed by atoms with Gasteiger partial charge in [0.1, 0.15) is 0 Å². The Balaban J connectivity index is 1.12. The molecule has 0 saturated carbocycles. The molecule has 0 atom stereocenters. The van der Waals surface area contributed by atoms with Crippen LogP contribution in [0.15, 0.2) is 218 Å². The first-order valence-electron chi connectivity index (χ1n) is 20.5. The number of anilines is 6. The van der Waals surface area contributed by atoms with Gasteiger partial charge >= 0.3 is 0 Å². The largest absolute Gasteiger partial charge is 0.310 e. The highest BCUT2D eigenvalue weighted by Crippen LogP contribution is 2.57. The molecule has 0 amide bonds. The summed E-state index contributed by atoms with van der Waals surface area (Å²) in [6.45, 7) is 4.77. The van der Waals surface area contributed by atoms with Crippen LogP contribution in [0, 0.1) is 0 Å². The third-order valence-electron chi connectivity index (χ3n) is 12.4. The van der Waals surface area contributed by atoms with E-state index >= 15 is 0 Å². The normalized spacial score (nSPS) is 12.7. The lowest BCUT2D eigenvalue weighted by molar-refractivity contribution is 0.661. The molecule has 0 heterocycles. The summed E-state index contributed by atoms with van der Waals surface area (Å²) in [5, 5.41) is 7.52. The van der Waals surface area contributed by atoms with Gasteiger partial charge in [0.2, 0.25) is 0 Å². The zero-order valence-corrected chi connectivity index (χ0v) is 33.2. The van der Waals surface area contributed by atoms with Gasteiger partial charge in [0.05, 0.1) is 5.69 Å². The Kier molecular flexibility index (Phi) is 8.20. The Labute approximate surface area is 345 Å². The summed E-state index contributed by atoms with van der Waals surface area (Å²) in [5.74, 6) is 0. The second kappa shape index (κ2) is 13.9. The minimum Gasteiger partial charge on any atom is -0.310 e. The molecule has 0 saturated heterocycles. The van der Waals surface area contributed by atoms with E-state index < -0.39 is 0 Å². The number of hydrogen-bond acceptors (Lipinski definition) is 2. The summed E-state index contributed by atoms with van der Waals surface area (Å²) in [6.07, 6.45) is 0. The van der Waals surface area contributed by atoms with E-state index in [4.69, 9.17) is 0 Å². The van der Waals surface area contributed by atoms with Gasteiger partial charge in [-0.25, -0.2) is 0 Å². The maximum Gasteiger partial charge on any atom is 0.0621 e. The summed E-state index contributed by atoms with van der Waals surface area (Å²) in [6, 6.07) is 79.9. The Morgan fingerprint density at radius 2 is 0.881 bits per heavy atom. The third-order valence-corrected chi connectivity index (χ3v) is 12.4. The minimum absolute atomic E-state index is 0.181. The van der Waals surface area contributed by atoms with Crippen LogP contribution in [0.2, 0.25) is 0 Å². The number of para-hydroxylation sites is 2. The number of benzene rings is 10. The first kappa shape index (κ1) is 34.8. The van der Waals surface area contributed by atoms with E-state index in [9.17, 15) is 0 Å². The molecule has 11 rings (SSSR count). The molecular weight excluding hydrogens is 713 g/mol.